The normalized spacial score (nSPS) is 16.6. The van der Waals surface area contributed by atoms with Gasteiger partial charge in [-0.05, 0) is 49.2 Å². The lowest BCUT2D eigenvalue weighted by Gasteiger charge is -2.28. The van der Waals surface area contributed by atoms with Crippen molar-refractivity contribution in [2.45, 2.75) is 19.3 Å². The van der Waals surface area contributed by atoms with Crippen molar-refractivity contribution in [1.29, 1.82) is 0 Å². The van der Waals surface area contributed by atoms with Crippen molar-refractivity contribution in [1.82, 2.24) is 4.90 Å². The summed E-state index contributed by atoms with van der Waals surface area (Å²) >= 11 is 0. The molecule has 1 saturated heterocycles. The lowest BCUT2D eigenvalue weighted by Crippen LogP contribution is -2.34. The van der Waals surface area contributed by atoms with Gasteiger partial charge in [0.2, 0.25) is 0 Å². The van der Waals surface area contributed by atoms with E-state index in [4.69, 9.17) is 5.84 Å². The van der Waals surface area contributed by atoms with Crippen molar-refractivity contribution >= 4 is 22.7 Å². The summed E-state index contributed by atoms with van der Waals surface area (Å²) in [5.41, 5.74) is 8.15. The third-order valence-corrected chi connectivity index (χ3v) is 5.58. The van der Waals surface area contributed by atoms with Gasteiger partial charge in [0.15, 0.2) is 5.78 Å². The largest absolute Gasteiger partial charge is 0.383 e. The van der Waals surface area contributed by atoms with Gasteiger partial charge in [0.25, 0.3) is 0 Å². The molecule has 27 heavy (non-hydrogen) atoms. The second kappa shape index (κ2) is 7.55. The molecule has 2 aliphatic rings. The summed E-state index contributed by atoms with van der Waals surface area (Å²) in [6, 6.07) is 11.5. The first-order valence-electron chi connectivity index (χ1n) is 9.64. The molecular formula is C22H26N4O. The van der Waals surface area contributed by atoms with Crippen LogP contribution in [0.15, 0.2) is 43.0 Å². The van der Waals surface area contributed by atoms with Gasteiger partial charge in [-0.3, -0.25) is 10.6 Å². The standard InChI is InChI=1S/C22H26N4O/c1-15-16-7-3-4-8-17(16)22(27)21-18(9-10-19(25-23)20(15)21)24-11-14-26-12-5-2-6-13-26/h3-4,7-10,24-25H,1-2,5-6,11-14,23H2. The zero-order valence-electron chi connectivity index (χ0n) is 15.6. The monoisotopic (exact) mass is 362 g/mol. The molecule has 0 spiro atoms. The van der Waals surface area contributed by atoms with Crippen LogP contribution in [0.1, 0.15) is 46.3 Å². The van der Waals surface area contributed by atoms with Gasteiger partial charge in [-0.2, -0.15) is 0 Å². The van der Waals surface area contributed by atoms with Crippen LogP contribution in [-0.2, 0) is 0 Å². The summed E-state index contributed by atoms with van der Waals surface area (Å²) in [5.74, 6) is 5.74. The Bertz CT molecular complexity index is 884. The van der Waals surface area contributed by atoms with Crippen LogP contribution in [0.5, 0.6) is 0 Å². The molecule has 1 aliphatic heterocycles. The number of benzene rings is 2. The number of piperidine rings is 1. The molecule has 0 saturated carbocycles. The number of carbonyl (C=O) groups excluding carboxylic acids is 1. The first-order valence-corrected chi connectivity index (χ1v) is 9.64. The number of fused-ring (bicyclic) bond motifs is 2. The van der Waals surface area contributed by atoms with Crippen LogP contribution >= 0.6 is 0 Å². The highest BCUT2D eigenvalue weighted by Crippen LogP contribution is 2.41. The van der Waals surface area contributed by atoms with E-state index in [0.717, 1.165) is 41.2 Å². The van der Waals surface area contributed by atoms with Crippen LogP contribution in [0.4, 0.5) is 11.4 Å². The van der Waals surface area contributed by atoms with Crippen molar-refractivity contribution in [3.63, 3.8) is 0 Å². The molecule has 2 aromatic rings. The van der Waals surface area contributed by atoms with E-state index in [0.29, 0.717) is 11.1 Å². The summed E-state index contributed by atoms with van der Waals surface area (Å²) < 4.78 is 0. The van der Waals surface area contributed by atoms with Gasteiger partial charge in [0, 0.05) is 29.9 Å². The third-order valence-electron chi connectivity index (χ3n) is 5.58. The Hall–Kier alpha value is -2.63. The van der Waals surface area contributed by atoms with Crippen molar-refractivity contribution < 1.29 is 4.79 Å². The quantitative estimate of drug-likeness (QED) is 0.479. The molecule has 0 unspecified atom stereocenters. The van der Waals surface area contributed by atoms with Crippen molar-refractivity contribution in [3.05, 3.63) is 65.2 Å². The van der Waals surface area contributed by atoms with Gasteiger partial charge in [0.05, 0.1) is 11.3 Å². The van der Waals surface area contributed by atoms with Crippen molar-refractivity contribution in [2.24, 2.45) is 5.84 Å². The first-order chi connectivity index (χ1) is 13.2. The van der Waals surface area contributed by atoms with Gasteiger partial charge in [-0.1, -0.05) is 37.3 Å². The topological polar surface area (TPSA) is 70.4 Å². The summed E-state index contributed by atoms with van der Waals surface area (Å²) in [7, 11) is 0. The smallest absolute Gasteiger partial charge is 0.196 e. The molecule has 1 heterocycles. The molecule has 0 aromatic heterocycles. The van der Waals surface area contributed by atoms with E-state index in [1.807, 2.05) is 36.4 Å². The number of nitrogen functional groups attached to an aromatic ring is 1. The van der Waals surface area contributed by atoms with E-state index in [-0.39, 0.29) is 5.78 Å². The van der Waals surface area contributed by atoms with Crippen molar-refractivity contribution in [3.8, 4) is 0 Å². The zero-order chi connectivity index (χ0) is 18.8. The van der Waals surface area contributed by atoms with E-state index in [1.165, 1.54) is 32.4 Å². The predicted molar refractivity (Wildman–Crippen MR) is 111 cm³/mol. The highest BCUT2D eigenvalue weighted by molar-refractivity contribution is 6.22. The number of nitrogens with zero attached hydrogens (tertiary/aromatic N) is 1. The summed E-state index contributed by atoms with van der Waals surface area (Å²) in [4.78, 5) is 15.7. The maximum absolute atomic E-state index is 13.2. The molecular weight excluding hydrogens is 336 g/mol. The number of likely N-dealkylation sites (tertiary alicyclic amines) is 1. The number of hydrazine groups is 1. The van der Waals surface area contributed by atoms with Crippen LogP contribution in [0.3, 0.4) is 0 Å². The van der Waals surface area contributed by atoms with Gasteiger partial charge >= 0.3 is 0 Å². The molecule has 0 bridgehead atoms. The molecule has 4 N–H and O–H groups in total. The highest BCUT2D eigenvalue weighted by Gasteiger charge is 2.30. The zero-order valence-corrected chi connectivity index (χ0v) is 15.6. The van der Waals surface area contributed by atoms with Crippen LogP contribution in [0.25, 0.3) is 5.57 Å². The lowest BCUT2D eigenvalue weighted by atomic mass is 9.80. The summed E-state index contributed by atoms with van der Waals surface area (Å²) in [6.07, 6.45) is 3.89. The number of nitrogens with one attached hydrogen (secondary N) is 2. The fraction of sp³-hybridized carbons (Fsp3) is 0.318. The number of nitrogens with two attached hydrogens (primary N) is 1. The molecule has 2 aromatic carbocycles. The fourth-order valence-electron chi connectivity index (χ4n) is 4.16. The molecule has 0 amide bonds. The minimum atomic E-state index is 0.0190. The molecule has 0 atom stereocenters. The average Bonchev–Trinajstić information content (AvgIpc) is 2.72. The average molecular weight is 362 g/mol. The molecule has 5 heteroatoms. The Labute approximate surface area is 160 Å². The SMILES string of the molecule is C=C1c2ccccc2C(=O)c2c(NCCN3CCCCC3)ccc(NN)c21. The Kier molecular flexibility index (Phi) is 4.97. The minimum absolute atomic E-state index is 0.0190. The number of hydrogen-bond acceptors (Lipinski definition) is 5. The van der Waals surface area contributed by atoms with Gasteiger partial charge in [-0.25, -0.2) is 0 Å². The number of ketones is 1. The number of anilines is 2. The van der Waals surface area contributed by atoms with Gasteiger partial charge in [0.1, 0.15) is 0 Å². The molecule has 1 aliphatic carbocycles. The maximum Gasteiger partial charge on any atom is 0.196 e. The van der Waals surface area contributed by atoms with Crippen LogP contribution in [0, 0.1) is 0 Å². The van der Waals surface area contributed by atoms with E-state index in [2.05, 4.69) is 22.2 Å². The fourth-order valence-corrected chi connectivity index (χ4v) is 4.16. The van der Waals surface area contributed by atoms with Gasteiger partial charge < -0.3 is 15.6 Å². The van der Waals surface area contributed by atoms with Crippen molar-refractivity contribution in [2.75, 3.05) is 36.9 Å². The van der Waals surface area contributed by atoms with Crippen LogP contribution < -0.4 is 16.6 Å². The van der Waals surface area contributed by atoms with E-state index in [9.17, 15) is 4.79 Å². The van der Waals surface area contributed by atoms with E-state index < -0.39 is 0 Å². The third kappa shape index (κ3) is 3.24. The second-order valence-corrected chi connectivity index (χ2v) is 7.24. The lowest BCUT2D eigenvalue weighted by molar-refractivity contribution is 0.103. The maximum atomic E-state index is 13.2. The molecule has 140 valence electrons. The first kappa shape index (κ1) is 17.8. The minimum Gasteiger partial charge on any atom is -0.383 e. The van der Waals surface area contributed by atoms with E-state index in [1.54, 1.807) is 0 Å². The molecule has 0 radical (unpaired) electrons. The van der Waals surface area contributed by atoms with Gasteiger partial charge in [-0.15, -0.1) is 0 Å². The Morgan fingerprint density at radius 2 is 1.67 bits per heavy atom. The Balaban J connectivity index is 1.64. The Morgan fingerprint density at radius 1 is 0.963 bits per heavy atom. The summed E-state index contributed by atoms with van der Waals surface area (Å²) in [5, 5.41) is 3.48. The number of hydrogen-bond donors (Lipinski definition) is 3. The Morgan fingerprint density at radius 3 is 2.41 bits per heavy atom. The second-order valence-electron chi connectivity index (χ2n) is 7.24. The number of carbonyl (C=O) groups is 1. The van der Waals surface area contributed by atoms with Crippen LogP contribution in [0.2, 0.25) is 0 Å². The summed E-state index contributed by atoms with van der Waals surface area (Å²) in [6.45, 7) is 8.37. The predicted octanol–water partition coefficient (Wildman–Crippen LogP) is 3.48. The molecule has 1 fully saturated rings. The van der Waals surface area contributed by atoms with Crippen LogP contribution in [-0.4, -0.2) is 36.9 Å². The number of rotatable bonds is 5. The molecule has 4 rings (SSSR count). The molecule has 5 nitrogen and oxygen atoms in total. The van der Waals surface area contributed by atoms with E-state index >= 15 is 0 Å². The highest BCUT2D eigenvalue weighted by atomic mass is 16.1.